The minimum Gasteiger partial charge on any atom is -0.378 e. The maximum Gasteiger partial charge on any atom is 0.228 e. The molecule has 1 aromatic heterocycles. The zero-order valence-corrected chi connectivity index (χ0v) is 16.1. The van der Waals surface area contributed by atoms with Crippen molar-refractivity contribution in [3.05, 3.63) is 35.9 Å². The molecule has 2 aromatic rings. The Morgan fingerprint density at radius 2 is 1.88 bits per heavy atom. The van der Waals surface area contributed by atoms with E-state index in [0.29, 0.717) is 5.92 Å². The van der Waals surface area contributed by atoms with E-state index in [0.717, 1.165) is 56.1 Å². The van der Waals surface area contributed by atoms with Gasteiger partial charge in [0.15, 0.2) is 5.16 Å². The molecule has 4 rings (SSSR count). The van der Waals surface area contributed by atoms with Crippen LogP contribution in [0.5, 0.6) is 0 Å². The number of anilines is 1. The van der Waals surface area contributed by atoms with E-state index in [4.69, 9.17) is 27.9 Å². The first-order valence-electron chi connectivity index (χ1n) is 8.44. The Morgan fingerprint density at radius 1 is 1.16 bits per heavy atom. The van der Waals surface area contributed by atoms with Crippen LogP contribution in [0, 0.1) is 5.92 Å². The molecule has 25 heavy (non-hydrogen) atoms. The van der Waals surface area contributed by atoms with E-state index >= 15 is 0 Å². The Balaban J connectivity index is 1.55. The van der Waals surface area contributed by atoms with Crippen LogP contribution in [0.3, 0.4) is 0 Å². The third kappa shape index (κ3) is 4.08. The summed E-state index contributed by atoms with van der Waals surface area (Å²) in [6.07, 6.45) is 0.853. The molecule has 0 spiro atoms. The lowest BCUT2D eigenvalue weighted by Gasteiger charge is -2.28. The van der Waals surface area contributed by atoms with Crippen molar-refractivity contribution in [1.29, 1.82) is 0 Å². The minimum absolute atomic E-state index is 0.328. The first kappa shape index (κ1) is 17.5. The Hall–Kier alpha value is -0.950. The van der Waals surface area contributed by atoms with Crippen LogP contribution in [0.1, 0.15) is 12.0 Å². The van der Waals surface area contributed by atoms with E-state index in [9.17, 15) is 0 Å². The highest BCUT2D eigenvalue weighted by Gasteiger charge is 2.51. The van der Waals surface area contributed by atoms with E-state index in [1.807, 2.05) is 6.07 Å². The second-order valence-electron chi connectivity index (χ2n) is 6.43. The van der Waals surface area contributed by atoms with Gasteiger partial charge in [-0.3, -0.25) is 4.57 Å². The number of aromatic nitrogens is 3. The van der Waals surface area contributed by atoms with Gasteiger partial charge in [0, 0.05) is 24.8 Å². The first-order valence-corrected chi connectivity index (χ1v) is 10.2. The topological polar surface area (TPSA) is 43.2 Å². The molecule has 2 heterocycles. The van der Waals surface area contributed by atoms with Crippen LogP contribution < -0.4 is 4.90 Å². The van der Waals surface area contributed by atoms with E-state index < -0.39 is 4.33 Å². The highest BCUT2D eigenvalue weighted by molar-refractivity contribution is 7.99. The summed E-state index contributed by atoms with van der Waals surface area (Å²) in [4.78, 5) is 2.24. The third-order valence-electron chi connectivity index (χ3n) is 4.54. The summed E-state index contributed by atoms with van der Waals surface area (Å²) in [7, 11) is 0. The molecule has 1 saturated carbocycles. The zero-order chi connectivity index (χ0) is 17.3. The second kappa shape index (κ2) is 7.35. The van der Waals surface area contributed by atoms with Crippen LogP contribution in [-0.4, -0.2) is 51.2 Å². The summed E-state index contributed by atoms with van der Waals surface area (Å²) in [5.74, 6) is 2.10. The molecule has 134 valence electrons. The molecule has 5 nitrogen and oxygen atoms in total. The summed E-state index contributed by atoms with van der Waals surface area (Å²) >= 11 is 14.0. The average molecular weight is 399 g/mol. The maximum absolute atomic E-state index is 6.16. The van der Waals surface area contributed by atoms with Crippen molar-refractivity contribution >= 4 is 40.9 Å². The molecule has 0 amide bonds. The van der Waals surface area contributed by atoms with Gasteiger partial charge in [-0.2, -0.15) is 0 Å². The average Bonchev–Trinajstić information content (AvgIpc) is 3.06. The lowest BCUT2D eigenvalue weighted by Crippen LogP contribution is -2.38. The van der Waals surface area contributed by atoms with Crippen molar-refractivity contribution in [3.8, 4) is 0 Å². The predicted molar refractivity (Wildman–Crippen MR) is 102 cm³/mol. The molecule has 0 N–H and O–H groups in total. The smallest absolute Gasteiger partial charge is 0.228 e. The molecule has 1 aliphatic carbocycles. The molecule has 1 aliphatic heterocycles. The Labute approximate surface area is 161 Å². The van der Waals surface area contributed by atoms with Crippen LogP contribution >= 0.6 is 35.0 Å². The summed E-state index contributed by atoms with van der Waals surface area (Å²) in [6.45, 7) is 3.88. The summed E-state index contributed by atoms with van der Waals surface area (Å²) < 4.78 is 7.10. The normalized spacial score (nSPS) is 22.2. The number of benzene rings is 1. The molecule has 2 aliphatic rings. The highest BCUT2D eigenvalue weighted by atomic mass is 35.5. The van der Waals surface area contributed by atoms with Gasteiger partial charge in [-0.25, -0.2) is 0 Å². The largest absolute Gasteiger partial charge is 0.378 e. The molecule has 0 radical (unpaired) electrons. The van der Waals surface area contributed by atoms with Gasteiger partial charge in [0.1, 0.15) is 4.33 Å². The second-order valence-corrected chi connectivity index (χ2v) is 8.96. The fraction of sp³-hybridized carbons (Fsp3) is 0.529. The lowest BCUT2D eigenvalue weighted by molar-refractivity contribution is 0.121. The summed E-state index contributed by atoms with van der Waals surface area (Å²) in [6, 6.07) is 10.4. The van der Waals surface area contributed by atoms with Gasteiger partial charge in [0.05, 0.1) is 19.8 Å². The molecular formula is C17H20Cl2N4OS. The monoisotopic (exact) mass is 398 g/mol. The molecule has 0 bridgehead atoms. The predicted octanol–water partition coefficient (Wildman–Crippen LogP) is 3.45. The number of hydrogen-bond acceptors (Lipinski definition) is 5. The third-order valence-corrected chi connectivity index (χ3v) is 6.60. The Morgan fingerprint density at radius 3 is 2.56 bits per heavy atom. The molecule has 1 aromatic carbocycles. The maximum atomic E-state index is 6.16. The molecule has 1 saturated heterocycles. The first-order chi connectivity index (χ1) is 12.1. The lowest BCUT2D eigenvalue weighted by atomic mass is 10.2. The van der Waals surface area contributed by atoms with Crippen molar-refractivity contribution in [1.82, 2.24) is 14.8 Å². The van der Waals surface area contributed by atoms with Gasteiger partial charge in [-0.05, 0) is 12.0 Å². The van der Waals surface area contributed by atoms with Crippen molar-refractivity contribution in [3.63, 3.8) is 0 Å². The van der Waals surface area contributed by atoms with Crippen molar-refractivity contribution < 1.29 is 4.74 Å². The number of halogens is 2. The van der Waals surface area contributed by atoms with Crippen molar-refractivity contribution in [2.75, 3.05) is 37.0 Å². The van der Waals surface area contributed by atoms with Gasteiger partial charge in [-0.1, -0.05) is 42.1 Å². The summed E-state index contributed by atoms with van der Waals surface area (Å²) in [5, 5.41) is 9.83. The fourth-order valence-electron chi connectivity index (χ4n) is 2.92. The van der Waals surface area contributed by atoms with Crippen LogP contribution in [0.25, 0.3) is 0 Å². The standard InChI is InChI=1S/C17H20Cl2N4OS/c18-17(19)10-14(17)12-25-16-21-20-15(22-6-8-24-9-7-22)23(16)11-13-4-2-1-3-5-13/h1-5,14H,6-12H2/t14-/m0/s1. The number of hydrogen-bond donors (Lipinski definition) is 0. The number of thioether (sulfide) groups is 1. The van der Waals surface area contributed by atoms with Gasteiger partial charge >= 0.3 is 0 Å². The van der Waals surface area contributed by atoms with Gasteiger partial charge in [0.25, 0.3) is 0 Å². The van der Waals surface area contributed by atoms with E-state index in [1.165, 1.54) is 5.56 Å². The van der Waals surface area contributed by atoms with Crippen LogP contribution in [0.2, 0.25) is 0 Å². The number of alkyl halides is 2. The summed E-state index contributed by atoms with van der Waals surface area (Å²) in [5.41, 5.74) is 1.23. The van der Waals surface area contributed by atoms with Crippen LogP contribution in [0.15, 0.2) is 35.5 Å². The van der Waals surface area contributed by atoms with E-state index in [2.05, 4.69) is 43.9 Å². The molecular weight excluding hydrogens is 379 g/mol. The number of rotatable bonds is 6. The number of morpholine rings is 1. The molecule has 2 fully saturated rings. The molecule has 1 atom stereocenters. The van der Waals surface area contributed by atoms with Gasteiger partial charge in [0.2, 0.25) is 5.95 Å². The van der Waals surface area contributed by atoms with Crippen molar-refractivity contribution in [2.24, 2.45) is 5.92 Å². The quantitative estimate of drug-likeness (QED) is 0.550. The number of ether oxygens (including phenoxy) is 1. The highest BCUT2D eigenvalue weighted by Crippen LogP contribution is 2.54. The van der Waals surface area contributed by atoms with E-state index in [-0.39, 0.29) is 0 Å². The van der Waals surface area contributed by atoms with E-state index in [1.54, 1.807) is 11.8 Å². The molecule has 8 heteroatoms. The SMILES string of the molecule is ClC1(Cl)C[C@H]1CSc1nnc(N2CCOCC2)n1Cc1ccccc1. The van der Waals surface area contributed by atoms with Crippen LogP contribution in [-0.2, 0) is 11.3 Å². The minimum atomic E-state index is -0.551. The van der Waals surface area contributed by atoms with Crippen LogP contribution in [0.4, 0.5) is 5.95 Å². The van der Waals surface area contributed by atoms with Crippen molar-refractivity contribution in [2.45, 2.75) is 22.5 Å². The molecule has 0 unspecified atom stereocenters. The fourth-order valence-corrected chi connectivity index (χ4v) is 4.78. The van der Waals surface area contributed by atoms with Gasteiger partial charge < -0.3 is 9.64 Å². The Kier molecular flexibility index (Phi) is 5.13. The van der Waals surface area contributed by atoms with Gasteiger partial charge in [-0.15, -0.1) is 33.4 Å². The zero-order valence-electron chi connectivity index (χ0n) is 13.8. The Bertz CT molecular complexity index is 719. The number of nitrogens with zero attached hydrogens (tertiary/aromatic N) is 4.